The number of hydrogen-bond donors (Lipinski definition) is 2. The molecular weight excluding hydrogens is 700 g/mol. The molecule has 0 saturated carbocycles. The van der Waals surface area contributed by atoms with Gasteiger partial charge in [0.1, 0.15) is 20.3 Å². The summed E-state index contributed by atoms with van der Waals surface area (Å²) < 4.78 is 36.8. The lowest BCUT2D eigenvalue weighted by molar-refractivity contribution is -0.118. The van der Waals surface area contributed by atoms with Gasteiger partial charge < -0.3 is 23.3 Å². The average Bonchev–Trinajstić information content (AvgIpc) is 3.94. The van der Waals surface area contributed by atoms with E-state index in [-0.39, 0.29) is 47.2 Å². The second-order valence-electron chi connectivity index (χ2n) is 14.3. The van der Waals surface area contributed by atoms with Crippen molar-refractivity contribution < 1.29 is 28.1 Å². The van der Waals surface area contributed by atoms with Crippen molar-refractivity contribution in [1.29, 1.82) is 0 Å². The van der Waals surface area contributed by atoms with Crippen molar-refractivity contribution in [3.63, 3.8) is 0 Å². The number of anilines is 1. The van der Waals surface area contributed by atoms with Crippen molar-refractivity contribution >= 4 is 50.0 Å². The maximum absolute atomic E-state index is 13.1. The molecule has 2 aromatic carbocycles. The van der Waals surface area contributed by atoms with Gasteiger partial charge in [0.05, 0.1) is 31.7 Å². The second-order valence-corrected chi connectivity index (χ2v) is 19.9. The van der Waals surface area contributed by atoms with Crippen LogP contribution in [0, 0.1) is 5.92 Å². The number of carbonyl (C=O) groups excluding carboxylic acids is 1. The number of hydrogen-bond acceptors (Lipinski definition) is 10. The van der Waals surface area contributed by atoms with Crippen LogP contribution in [0.15, 0.2) is 71.8 Å². The molecule has 3 fully saturated rings. The zero-order valence-corrected chi connectivity index (χ0v) is 32.3. The van der Waals surface area contributed by atoms with Crippen LogP contribution >= 0.6 is 8.53 Å². The number of nitrogens with zero attached hydrogens (tertiary/aromatic N) is 4. The molecule has 3 aliphatic heterocycles. The maximum Gasteiger partial charge on any atom is 0.280 e. The first-order valence-corrected chi connectivity index (χ1v) is 22.1. The number of amides is 1. The molecule has 3 saturated heterocycles. The number of aromatic amines is 1. The maximum atomic E-state index is 13.1. The number of H-pyrrole nitrogens is 1. The van der Waals surface area contributed by atoms with Gasteiger partial charge in [0.15, 0.2) is 17.4 Å². The van der Waals surface area contributed by atoms with Gasteiger partial charge in [-0.2, -0.15) is 4.98 Å². The molecule has 15 heteroatoms. The molecule has 2 aromatic heterocycles. The van der Waals surface area contributed by atoms with Crippen LogP contribution in [-0.2, 0) is 28.1 Å². The molecule has 7 atom stereocenters. The van der Waals surface area contributed by atoms with Crippen molar-refractivity contribution in [2.75, 3.05) is 32.2 Å². The Kier molecular flexibility index (Phi) is 11.4. The molecule has 13 nitrogen and oxygen atoms in total. The Morgan fingerprint density at radius 1 is 1.08 bits per heavy atom. The van der Waals surface area contributed by atoms with E-state index < -0.39 is 40.6 Å². The first-order valence-electron chi connectivity index (χ1n) is 18.3. The van der Waals surface area contributed by atoms with Crippen molar-refractivity contribution in [3.8, 4) is 0 Å². The van der Waals surface area contributed by atoms with E-state index in [0.717, 1.165) is 25.4 Å². The Morgan fingerprint density at radius 3 is 2.44 bits per heavy atom. The minimum Gasteiger partial charge on any atom is -0.382 e. The Morgan fingerprint density at radius 2 is 1.79 bits per heavy atom. The van der Waals surface area contributed by atoms with Crippen LogP contribution in [-0.4, -0.2) is 95.5 Å². The van der Waals surface area contributed by atoms with Crippen LogP contribution < -0.4 is 21.2 Å². The number of methoxy groups -OCH3 is 1. The van der Waals surface area contributed by atoms with E-state index in [2.05, 4.69) is 99.1 Å². The zero-order valence-electron chi connectivity index (χ0n) is 30.4. The van der Waals surface area contributed by atoms with Crippen LogP contribution in [0.3, 0.4) is 0 Å². The number of ether oxygens (including phenoxy) is 3. The van der Waals surface area contributed by atoms with Crippen LogP contribution in [0.5, 0.6) is 0 Å². The number of carbonyl (C=O) groups is 1. The van der Waals surface area contributed by atoms with Crippen LogP contribution in [0.25, 0.3) is 11.2 Å². The Balaban J connectivity index is 1.18. The summed E-state index contributed by atoms with van der Waals surface area (Å²) in [7, 11) is -1.98. The molecule has 1 unspecified atom stereocenters. The SMILES string of the molecule is CC[C@H]1O[C@@H](n2cnc3c(=O)[nH]c(NC(=O)C(C)C)nc32)[C@@H](OCCOC)C1O[P@@]1O[C@H](C[Si](C)(c2ccccc2)c2ccccc2)[C@@H]2CCCN21. The predicted octanol–water partition coefficient (Wildman–Crippen LogP) is 4.42. The van der Waals surface area contributed by atoms with Gasteiger partial charge in [-0.15, -0.1) is 0 Å². The lowest BCUT2D eigenvalue weighted by Gasteiger charge is -2.32. The van der Waals surface area contributed by atoms with E-state index in [0.29, 0.717) is 19.6 Å². The predicted molar refractivity (Wildman–Crippen MR) is 202 cm³/mol. The monoisotopic (exact) mass is 748 g/mol. The molecule has 0 bridgehead atoms. The summed E-state index contributed by atoms with van der Waals surface area (Å²) in [5.41, 5.74) is -0.0558. The summed E-state index contributed by atoms with van der Waals surface area (Å²) >= 11 is 0. The van der Waals surface area contributed by atoms with E-state index in [1.54, 1.807) is 25.5 Å². The lowest BCUT2D eigenvalue weighted by atomic mass is 10.1. The topological polar surface area (TPSA) is 142 Å². The van der Waals surface area contributed by atoms with Gasteiger partial charge in [0.25, 0.3) is 14.1 Å². The molecule has 7 rings (SSSR count). The van der Waals surface area contributed by atoms with Crippen molar-refractivity contribution in [2.24, 2.45) is 5.92 Å². The molecule has 0 radical (unpaired) electrons. The third-order valence-electron chi connectivity index (χ3n) is 10.5. The third kappa shape index (κ3) is 7.27. The van der Waals surface area contributed by atoms with Gasteiger partial charge >= 0.3 is 0 Å². The molecule has 2 N–H and O–H groups in total. The fourth-order valence-corrected chi connectivity index (χ4v) is 13.6. The fourth-order valence-electron chi connectivity index (χ4n) is 7.65. The van der Waals surface area contributed by atoms with Gasteiger partial charge in [-0.25, -0.2) is 9.65 Å². The van der Waals surface area contributed by atoms with Crippen LogP contribution in [0.1, 0.15) is 46.3 Å². The van der Waals surface area contributed by atoms with Crippen LogP contribution in [0.2, 0.25) is 12.6 Å². The molecule has 52 heavy (non-hydrogen) atoms. The summed E-state index contributed by atoms with van der Waals surface area (Å²) in [6, 6.07) is 23.0. The van der Waals surface area contributed by atoms with Crippen molar-refractivity contribution in [1.82, 2.24) is 24.2 Å². The molecular formula is C37H49N6O7PSi. The molecule has 278 valence electrons. The summed E-state index contributed by atoms with van der Waals surface area (Å²) in [6.07, 6.45) is 2.24. The molecule has 0 aliphatic carbocycles. The van der Waals surface area contributed by atoms with Gasteiger partial charge in [-0.05, 0) is 25.3 Å². The number of fused-ring (bicyclic) bond motifs is 2. The highest BCUT2D eigenvalue weighted by Crippen LogP contribution is 2.59. The molecule has 3 aliphatic rings. The minimum absolute atomic E-state index is 0.0183. The Hall–Kier alpha value is -3.33. The van der Waals surface area contributed by atoms with E-state index >= 15 is 0 Å². The number of benzene rings is 2. The highest BCUT2D eigenvalue weighted by molar-refractivity contribution is 7.45. The largest absolute Gasteiger partial charge is 0.382 e. The summed E-state index contributed by atoms with van der Waals surface area (Å²) in [5, 5.41) is 5.48. The molecule has 0 spiro atoms. The Labute approximate surface area is 306 Å². The van der Waals surface area contributed by atoms with Crippen LogP contribution in [0.4, 0.5) is 5.95 Å². The van der Waals surface area contributed by atoms with Gasteiger partial charge in [-0.1, -0.05) is 98.4 Å². The van der Waals surface area contributed by atoms with Gasteiger partial charge in [-0.3, -0.25) is 24.5 Å². The molecule has 5 heterocycles. The number of imidazole rings is 1. The van der Waals surface area contributed by atoms with E-state index in [1.165, 1.54) is 16.7 Å². The summed E-state index contributed by atoms with van der Waals surface area (Å²) in [6.45, 7) is 9.65. The average molecular weight is 749 g/mol. The third-order valence-corrected chi connectivity index (χ3v) is 16.8. The minimum atomic E-state index is -2.19. The second kappa shape index (κ2) is 16.0. The highest BCUT2D eigenvalue weighted by atomic mass is 31.2. The number of aromatic nitrogens is 4. The normalized spacial score (nSPS) is 26.4. The van der Waals surface area contributed by atoms with Gasteiger partial charge in [0, 0.05) is 25.6 Å². The Bertz CT molecular complexity index is 1840. The van der Waals surface area contributed by atoms with E-state index in [9.17, 15) is 9.59 Å². The van der Waals surface area contributed by atoms with E-state index in [4.69, 9.17) is 23.3 Å². The van der Waals surface area contributed by atoms with E-state index in [1.807, 2.05) is 0 Å². The first kappa shape index (κ1) is 37.0. The van der Waals surface area contributed by atoms with Crippen molar-refractivity contribution in [2.45, 2.75) is 89.3 Å². The summed E-state index contributed by atoms with van der Waals surface area (Å²) in [4.78, 5) is 37.1. The first-order chi connectivity index (χ1) is 25.2. The number of nitrogens with one attached hydrogen (secondary N) is 2. The van der Waals surface area contributed by atoms with Crippen molar-refractivity contribution in [3.05, 3.63) is 77.3 Å². The summed E-state index contributed by atoms with van der Waals surface area (Å²) in [5.74, 6) is -0.518. The molecule has 1 amide bonds. The number of rotatable bonds is 14. The smallest absolute Gasteiger partial charge is 0.280 e. The lowest BCUT2D eigenvalue weighted by Crippen LogP contribution is -2.58. The fraction of sp³-hybridized carbons (Fsp3) is 0.514. The molecule has 4 aromatic rings. The van der Waals surface area contributed by atoms with Gasteiger partial charge in [0.2, 0.25) is 11.9 Å². The quantitative estimate of drug-likeness (QED) is 0.108. The highest BCUT2D eigenvalue weighted by Gasteiger charge is 2.54. The zero-order chi connectivity index (χ0) is 36.4. The standard InChI is InChI=1S/C37H49N6O7PSi/c1-6-28-31(32(47-21-20-46-4)36(48-28)42-23-38-30-33(42)39-37(41-35(30)45)40-34(44)24(2)3)50-51-43-19-13-18-27(43)29(49-51)22-52(5,25-14-9-7-10-15-25)26-16-11-8-12-17-26/h7-12,14-17,23-24,27-29,31-32,36H,6,13,18-22H2,1-5H3,(H2,39,40,41,44,45)/t27-,28+,29+,31?,32-,36+,51+/m0/s1.